The number of rotatable bonds is 5. The molecule has 0 spiro atoms. The van der Waals surface area contributed by atoms with Gasteiger partial charge in [-0.1, -0.05) is 12.1 Å². The highest BCUT2D eigenvalue weighted by Gasteiger charge is 2.18. The van der Waals surface area contributed by atoms with Crippen molar-refractivity contribution < 1.29 is 13.9 Å². The molecule has 1 amide bonds. The molecule has 0 aliphatic heterocycles. The lowest BCUT2D eigenvalue weighted by Gasteiger charge is -2.11. The summed E-state index contributed by atoms with van der Waals surface area (Å²) in [5.41, 5.74) is 1.36. The number of nitrogens with one attached hydrogen (secondary N) is 1. The van der Waals surface area contributed by atoms with E-state index in [0.29, 0.717) is 32.4 Å². The number of methoxy groups -OCH3 is 1. The Kier molecular flexibility index (Phi) is 5.28. The van der Waals surface area contributed by atoms with E-state index < -0.39 is 11.5 Å². The summed E-state index contributed by atoms with van der Waals surface area (Å²) in [5.74, 6) is -0.311. The van der Waals surface area contributed by atoms with Crippen LogP contribution in [-0.4, -0.2) is 27.8 Å². The Bertz CT molecular complexity index is 1300. The average Bonchev–Trinajstić information content (AvgIpc) is 3.13. The second kappa shape index (κ2) is 8.03. The molecule has 7 nitrogen and oxygen atoms in total. The van der Waals surface area contributed by atoms with Crippen molar-refractivity contribution in [1.82, 2.24) is 14.8 Å². The molecule has 0 unspecified atom stereocenters. The van der Waals surface area contributed by atoms with Crippen LogP contribution in [0.15, 0.2) is 53.3 Å². The van der Waals surface area contributed by atoms with Gasteiger partial charge in [0, 0.05) is 5.56 Å². The maximum absolute atomic E-state index is 13.4. The van der Waals surface area contributed by atoms with Crippen molar-refractivity contribution in [3.63, 3.8) is 0 Å². The summed E-state index contributed by atoms with van der Waals surface area (Å²) in [6, 6.07) is 12.8. The number of anilines is 1. The highest BCUT2D eigenvalue weighted by atomic mass is 32.1. The van der Waals surface area contributed by atoms with E-state index in [2.05, 4.69) is 15.4 Å². The van der Waals surface area contributed by atoms with Gasteiger partial charge >= 0.3 is 0 Å². The zero-order valence-electron chi connectivity index (χ0n) is 16.2. The van der Waals surface area contributed by atoms with E-state index in [4.69, 9.17) is 4.74 Å². The molecule has 0 atom stereocenters. The number of benzene rings is 2. The van der Waals surface area contributed by atoms with E-state index in [1.54, 1.807) is 43.3 Å². The van der Waals surface area contributed by atoms with Crippen LogP contribution >= 0.6 is 11.3 Å². The number of hydrogen-bond acceptors (Lipinski definition) is 6. The van der Waals surface area contributed by atoms with Crippen LogP contribution in [0.3, 0.4) is 0 Å². The number of fused-ring (bicyclic) bond motifs is 1. The zero-order chi connectivity index (χ0) is 21.3. The summed E-state index contributed by atoms with van der Waals surface area (Å²) in [7, 11) is 1.50. The van der Waals surface area contributed by atoms with Crippen molar-refractivity contribution >= 4 is 33.1 Å². The van der Waals surface area contributed by atoms with Gasteiger partial charge in [0.15, 0.2) is 5.52 Å². The van der Waals surface area contributed by atoms with Crippen molar-refractivity contribution in [2.45, 2.75) is 13.5 Å². The summed E-state index contributed by atoms with van der Waals surface area (Å²) in [6.45, 7) is 1.48. The van der Waals surface area contributed by atoms with E-state index in [0.717, 1.165) is 4.68 Å². The van der Waals surface area contributed by atoms with E-state index in [1.807, 2.05) is 0 Å². The molecule has 1 N–H and O–H groups in total. The quantitative estimate of drug-likeness (QED) is 0.529. The standard InChI is InChI=1S/C21H17FN4O3S/c1-12-23-19-20(30-12)18(13-7-9-14(22)10-8-13)25-26(21(19)28)11-17(27)24-15-5-3-4-6-16(15)29-2/h3-10H,11H2,1-2H3,(H,24,27). The molecule has 0 aliphatic carbocycles. The molecule has 0 saturated carbocycles. The highest BCUT2D eigenvalue weighted by molar-refractivity contribution is 7.19. The summed E-state index contributed by atoms with van der Waals surface area (Å²) >= 11 is 1.33. The number of carbonyl (C=O) groups excluding carboxylic acids is 1. The van der Waals surface area contributed by atoms with Gasteiger partial charge in [-0.25, -0.2) is 14.1 Å². The maximum atomic E-state index is 13.4. The third kappa shape index (κ3) is 3.79. The molecule has 2 aromatic carbocycles. The summed E-state index contributed by atoms with van der Waals surface area (Å²) in [4.78, 5) is 29.8. The first-order valence-electron chi connectivity index (χ1n) is 9.03. The van der Waals surface area contributed by atoms with Gasteiger partial charge in [-0.3, -0.25) is 9.59 Å². The smallest absolute Gasteiger partial charge is 0.294 e. The molecule has 4 rings (SSSR count). The fourth-order valence-corrected chi connectivity index (χ4v) is 3.96. The van der Waals surface area contributed by atoms with Gasteiger partial charge in [0.05, 0.1) is 22.5 Å². The Balaban J connectivity index is 1.74. The molecule has 0 fully saturated rings. The van der Waals surface area contributed by atoms with Gasteiger partial charge in [-0.05, 0) is 43.3 Å². The van der Waals surface area contributed by atoms with Crippen LogP contribution in [-0.2, 0) is 11.3 Å². The Morgan fingerprint density at radius 2 is 1.93 bits per heavy atom. The number of hydrogen-bond donors (Lipinski definition) is 1. The molecule has 2 heterocycles. The Morgan fingerprint density at radius 1 is 1.20 bits per heavy atom. The minimum Gasteiger partial charge on any atom is -0.495 e. The third-order valence-electron chi connectivity index (χ3n) is 4.40. The van der Waals surface area contributed by atoms with E-state index in [-0.39, 0.29) is 17.9 Å². The van der Waals surface area contributed by atoms with Gasteiger partial charge in [0.25, 0.3) is 5.56 Å². The number of thiazole rings is 1. The molecule has 4 aromatic rings. The minimum atomic E-state index is -0.463. The first-order valence-corrected chi connectivity index (χ1v) is 9.85. The van der Waals surface area contributed by atoms with E-state index in [9.17, 15) is 14.0 Å². The van der Waals surface area contributed by atoms with Gasteiger partial charge in [-0.2, -0.15) is 5.10 Å². The monoisotopic (exact) mass is 424 g/mol. The molecular formula is C21H17FN4O3S. The number of halogens is 1. The van der Waals surface area contributed by atoms with Gasteiger partial charge in [0.1, 0.15) is 23.8 Å². The Morgan fingerprint density at radius 3 is 2.67 bits per heavy atom. The van der Waals surface area contributed by atoms with Gasteiger partial charge < -0.3 is 10.1 Å². The zero-order valence-corrected chi connectivity index (χ0v) is 17.0. The fourth-order valence-electron chi connectivity index (χ4n) is 3.04. The Hall–Kier alpha value is -3.59. The number of nitrogens with zero attached hydrogens (tertiary/aromatic N) is 3. The molecule has 2 aromatic heterocycles. The predicted octanol–water partition coefficient (Wildman–Crippen LogP) is 3.61. The molecule has 0 aliphatic rings. The molecule has 30 heavy (non-hydrogen) atoms. The van der Waals surface area contributed by atoms with Crippen molar-refractivity contribution in [3.05, 3.63) is 69.7 Å². The number of para-hydroxylation sites is 2. The molecular weight excluding hydrogens is 407 g/mol. The molecule has 152 valence electrons. The van der Waals surface area contributed by atoms with E-state index >= 15 is 0 Å². The van der Waals surface area contributed by atoms with Crippen LogP contribution in [0.4, 0.5) is 10.1 Å². The molecule has 0 radical (unpaired) electrons. The first-order chi connectivity index (χ1) is 14.5. The molecule has 0 bridgehead atoms. The number of aromatic nitrogens is 3. The summed E-state index contributed by atoms with van der Waals surface area (Å²) in [6.07, 6.45) is 0. The second-order valence-corrected chi connectivity index (χ2v) is 7.68. The van der Waals surface area contributed by atoms with Crippen LogP contribution < -0.4 is 15.6 Å². The Labute approximate surface area is 174 Å². The van der Waals surface area contributed by atoms with Crippen LogP contribution in [0.5, 0.6) is 5.75 Å². The predicted molar refractivity (Wildman–Crippen MR) is 113 cm³/mol. The van der Waals surface area contributed by atoms with E-state index in [1.165, 1.54) is 30.6 Å². The number of amides is 1. The normalized spacial score (nSPS) is 10.9. The molecule has 0 saturated heterocycles. The number of aryl methyl sites for hydroxylation is 1. The SMILES string of the molecule is COc1ccccc1NC(=O)Cn1nc(-c2ccc(F)cc2)c2sc(C)nc2c1=O. The number of carbonyl (C=O) groups is 1. The third-order valence-corrected chi connectivity index (χ3v) is 5.38. The molecule has 9 heteroatoms. The summed E-state index contributed by atoms with van der Waals surface area (Å²) in [5, 5.41) is 7.82. The first kappa shape index (κ1) is 19.7. The van der Waals surface area contributed by atoms with Gasteiger partial charge in [0.2, 0.25) is 5.91 Å². The van der Waals surface area contributed by atoms with Crippen molar-refractivity contribution in [3.8, 4) is 17.0 Å². The highest BCUT2D eigenvalue weighted by Crippen LogP contribution is 2.29. The largest absolute Gasteiger partial charge is 0.495 e. The van der Waals surface area contributed by atoms with Crippen LogP contribution in [0, 0.1) is 12.7 Å². The minimum absolute atomic E-state index is 0.233. The van der Waals surface area contributed by atoms with Crippen LogP contribution in [0.1, 0.15) is 5.01 Å². The second-order valence-electron chi connectivity index (χ2n) is 6.48. The lowest BCUT2D eigenvalue weighted by molar-refractivity contribution is -0.117. The maximum Gasteiger partial charge on any atom is 0.294 e. The summed E-state index contributed by atoms with van der Waals surface area (Å²) < 4.78 is 20.3. The lowest BCUT2D eigenvalue weighted by atomic mass is 10.1. The average molecular weight is 424 g/mol. The number of ether oxygens (including phenoxy) is 1. The van der Waals surface area contributed by atoms with Crippen molar-refractivity contribution in [2.75, 3.05) is 12.4 Å². The van der Waals surface area contributed by atoms with Crippen LogP contribution in [0.25, 0.3) is 21.5 Å². The van der Waals surface area contributed by atoms with Crippen molar-refractivity contribution in [1.29, 1.82) is 0 Å². The topological polar surface area (TPSA) is 86.1 Å². The van der Waals surface area contributed by atoms with Crippen LogP contribution in [0.2, 0.25) is 0 Å². The lowest BCUT2D eigenvalue weighted by Crippen LogP contribution is -2.30. The van der Waals surface area contributed by atoms with Gasteiger partial charge in [-0.15, -0.1) is 11.3 Å². The van der Waals surface area contributed by atoms with Crippen molar-refractivity contribution in [2.24, 2.45) is 0 Å². The fraction of sp³-hybridized carbons (Fsp3) is 0.143.